The van der Waals surface area contributed by atoms with Crippen LogP contribution in [-0.2, 0) is 4.79 Å². The van der Waals surface area contributed by atoms with Crippen LogP contribution in [0.15, 0.2) is 18.2 Å². The van der Waals surface area contributed by atoms with Gasteiger partial charge in [-0.2, -0.15) is 0 Å². The maximum atomic E-state index is 13.2. The predicted octanol–water partition coefficient (Wildman–Crippen LogP) is 1.86. The molecule has 0 saturated carbocycles. The Bertz CT molecular complexity index is 560. The highest BCUT2D eigenvalue weighted by molar-refractivity contribution is 5.97. The summed E-state index contributed by atoms with van der Waals surface area (Å²) in [5, 5.41) is 18.9. The third-order valence-electron chi connectivity index (χ3n) is 3.69. The second-order valence-corrected chi connectivity index (χ2v) is 5.36. The molecule has 0 spiro atoms. The van der Waals surface area contributed by atoms with Crippen molar-refractivity contribution >= 4 is 11.9 Å². The van der Waals surface area contributed by atoms with Gasteiger partial charge in [0.2, 0.25) is 0 Å². The van der Waals surface area contributed by atoms with Crippen LogP contribution in [0.5, 0.6) is 5.75 Å². The van der Waals surface area contributed by atoms with E-state index in [1.807, 2.05) is 0 Å². The van der Waals surface area contributed by atoms with Crippen molar-refractivity contribution in [2.75, 3.05) is 13.1 Å². The van der Waals surface area contributed by atoms with Crippen molar-refractivity contribution in [3.63, 3.8) is 0 Å². The van der Waals surface area contributed by atoms with Crippen molar-refractivity contribution in [2.45, 2.75) is 19.8 Å². The van der Waals surface area contributed by atoms with Crippen molar-refractivity contribution in [3.8, 4) is 5.75 Å². The molecule has 2 N–H and O–H groups in total. The summed E-state index contributed by atoms with van der Waals surface area (Å²) >= 11 is 0. The molecule has 0 bridgehead atoms. The number of carbonyl (C=O) groups is 2. The number of aromatic hydroxyl groups is 1. The van der Waals surface area contributed by atoms with E-state index in [0.29, 0.717) is 19.4 Å². The van der Waals surface area contributed by atoms with Crippen LogP contribution >= 0.6 is 0 Å². The van der Waals surface area contributed by atoms with Crippen LogP contribution in [0.3, 0.4) is 0 Å². The van der Waals surface area contributed by atoms with Crippen LogP contribution in [0.4, 0.5) is 4.39 Å². The number of piperidine rings is 1. The third kappa shape index (κ3) is 2.59. The van der Waals surface area contributed by atoms with E-state index in [9.17, 15) is 24.2 Å². The van der Waals surface area contributed by atoms with E-state index in [0.717, 1.165) is 18.2 Å². The summed E-state index contributed by atoms with van der Waals surface area (Å²) in [6.07, 6.45) is 1.05. The van der Waals surface area contributed by atoms with Crippen molar-refractivity contribution < 1.29 is 24.2 Å². The summed E-state index contributed by atoms with van der Waals surface area (Å²) < 4.78 is 13.2. The molecule has 2 rings (SSSR count). The molecule has 1 heterocycles. The molecule has 20 heavy (non-hydrogen) atoms. The smallest absolute Gasteiger partial charge is 0.311 e. The van der Waals surface area contributed by atoms with E-state index in [1.54, 1.807) is 6.92 Å². The van der Waals surface area contributed by atoms with Crippen LogP contribution in [-0.4, -0.2) is 40.1 Å². The minimum Gasteiger partial charge on any atom is -0.507 e. The fourth-order valence-electron chi connectivity index (χ4n) is 2.44. The van der Waals surface area contributed by atoms with Crippen molar-refractivity contribution in [1.82, 2.24) is 4.90 Å². The first-order valence-electron chi connectivity index (χ1n) is 6.35. The van der Waals surface area contributed by atoms with Gasteiger partial charge in [-0.1, -0.05) is 0 Å². The number of nitrogens with zero attached hydrogens (tertiary/aromatic N) is 1. The lowest BCUT2D eigenvalue weighted by Crippen LogP contribution is -2.48. The number of carbonyl (C=O) groups excluding carboxylic acids is 1. The number of carboxylic acids is 1. The zero-order valence-electron chi connectivity index (χ0n) is 11.1. The number of hydrogen-bond donors (Lipinski definition) is 2. The highest BCUT2D eigenvalue weighted by atomic mass is 19.1. The lowest BCUT2D eigenvalue weighted by molar-refractivity contribution is -0.150. The Kier molecular flexibility index (Phi) is 3.65. The van der Waals surface area contributed by atoms with Gasteiger partial charge in [-0.25, -0.2) is 4.39 Å². The van der Waals surface area contributed by atoms with E-state index in [1.165, 1.54) is 4.90 Å². The quantitative estimate of drug-likeness (QED) is 0.867. The number of hydrogen-bond acceptors (Lipinski definition) is 3. The maximum Gasteiger partial charge on any atom is 0.311 e. The number of rotatable bonds is 2. The number of carboxylic acid groups (broad SMARTS) is 1. The molecule has 1 amide bonds. The summed E-state index contributed by atoms with van der Waals surface area (Å²) in [4.78, 5) is 24.9. The summed E-state index contributed by atoms with van der Waals surface area (Å²) in [6.45, 7) is 2.04. The molecule has 108 valence electrons. The van der Waals surface area contributed by atoms with Gasteiger partial charge in [0.25, 0.3) is 5.91 Å². The molecule has 6 heteroatoms. The van der Waals surface area contributed by atoms with E-state index in [-0.39, 0.29) is 17.9 Å². The van der Waals surface area contributed by atoms with Crippen molar-refractivity contribution in [2.24, 2.45) is 5.41 Å². The standard InChI is InChI=1S/C14H16FNO4/c1-14(13(19)20)5-2-6-16(8-14)12(18)10-7-9(15)3-4-11(10)17/h3-4,7,17H,2,5-6,8H2,1H3,(H,19,20). The molecule has 1 aliphatic rings. The molecule has 0 radical (unpaired) electrons. The van der Waals surface area contributed by atoms with Gasteiger partial charge in [-0.15, -0.1) is 0 Å². The Morgan fingerprint density at radius 2 is 2.10 bits per heavy atom. The normalized spacial score (nSPS) is 22.6. The highest BCUT2D eigenvalue weighted by Gasteiger charge is 2.39. The molecule has 0 aliphatic carbocycles. The Balaban J connectivity index is 2.25. The van der Waals surface area contributed by atoms with Crippen LogP contribution in [0.1, 0.15) is 30.1 Å². The molecule has 5 nitrogen and oxygen atoms in total. The highest BCUT2D eigenvalue weighted by Crippen LogP contribution is 2.31. The minimum absolute atomic E-state index is 0.0527. The first-order chi connectivity index (χ1) is 9.33. The van der Waals surface area contributed by atoms with Gasteiger partial charge in [0.1, 0.15) is 11.6 Å². The van der Waals surface area contributed by atoms with Crippen LogP contribution in [0.2, 0.25) is 0 Å². The van der Waals surface area contributed by atoms with E-state index in [2.05, 4.69) is 0 Å². The number of benzene rings is 1. The zero-order valence-corrected chi connectivity index (χ0v) is 11.1. The van der Waals surface area contributed by atoms with Crippen molar-refractivity contribution in [3.05, 3.63) is 29.6 Å². The van der Waals surface area contributed by atoms with Gasteiger partial charge in [-0.05, 0) is 38.0 Å². The van der Waals surface area contributed by atoms with E-state index < -0.39 is 23.1 Å². The SMILES string of the molecule is CC1(C(=O)O)CCCN(C(=O)c2cc(F)ccc2O)C1. The topological polar surface area (TPSA) is 77.8 Å². The van der Waals surface area contributed by atoms with E-state index >= 15 is 0 Å². The summed E-state index contributed by atoms with van der Waals surface area (Å²) in [7, 11) is 0. The Labute approximate surface area is 115 Å². The molecule has 1 fully saturated rings. The second kappa shape index (κ2) is 5.11. The van der Waals surface area contributed by atoms with E-state index in [4.69, 9.17) is 0 Å². The predicted molar refractivity (Wildman–Crippen MR) is 68.9 cm³/mol. The van der Waals surface area contributed by atoms with Gasteiger partial charge in [-0.3, -0.25) is 9.59 Å². The van der Waals surface area contributed by atoms with Gasteiger partial charge in [0.15, 0.2) is 0 Å². The molecule has 0 aromatic heterocycles. The lowest BCUT2D eigenvalue weighted by atomic mass is 9.82. The molecular formula is C14H16FNO4. The van der Waals surface area contributed by atoms with Gasteiger partial charge in [0, 0.05) is 13.1 Å². The number of amides is 1. The average Bonchev–Trinajstić information content (AvgIpc) is 2.40. The monoisotopic (exact) mass is 281 g/mol. The molecule has 1 aliphatic heterocycles. The average molecular weight is 281 g/mol. The van der Waals surface area contributed by atoms with Gasteiger partial charge >= 0.3 is 5.97 Å². The number of aliphatic carboxylic acids is 1. The number of phenols is 1. The summed E-state index contributed by atoms with van der Waals surface area (Å²) in [5.74, 6) is -2.43. The molecule has 1 atom stereocenters. The third-order valence-corrected chi connectivity index (χ3v) is 3.69. The molecule has 1 aromatic carbocycles. The molecular weight excluding hydrogens is 265 g/mol. The van der Waals surface area contributed by atoms with Crippen molar-refractivity contribution in [1.29, 1.82) is 0 Å². The first-order valence-corrected chi connectivity index (χ1v) is 6.35. The molecule has 1 unspecified atom stereocenters. The largest absolute Gasteiger partial charge is 0.507 e. The van der Waals surface area contributed by atoms with Crippen LogP contribution in [0.25, 0.3) is 0 Å². The minimum atomic E-state index is -1.00. The molecule has 1 saturated heterocycles. The number of likely N-dealkylation sites (tertiary alicyclic amines) is 1. The zero-order chi connectivity index (χ0) is 14.9. The lowest BCUT2D eigenvalue weighted by Gasteiger charge is -2.37. The first kappa shape index (κ1) is 14.3. The van der Waals surface area contributed by atoms with Gasteiger partial charge in [0.05, 0.1) is 11.0 Å². The Morgan fingerprint density at radius 3 is 2.75 bits per heavy atom. The van der Waals surface area contributed by atoms with Crippen LogP contribution in [0, 0.1) is 11.2 Å². The summed E-state index contributed by atoms with van der Waals surface area (Å²) in [5.41, 5.74) is -1.14. The Morgan fingerprint density at radius 1 is 1.40 bits per heavy atom. The fourth-order valence-corrected chi connectivity index (χ4v) is 2.44. The summed E-state index contributed by atoms with van der Waals surface area (Å²) in [6, 6.07) is 3.14. The number of halogens is 1. The Hall–Kier alpha value is -2.11. The molecule has 1 aromatic rings. The second-order valence-electron chi connectivity index (χ2n) is 5.36. The fraction of sp³-hybridized carbons (Fsp3) is 0.429. The van der Waals surface area contributed by atoms with Crippen LogP contribution < -0.4 is 0 Å². The maximum absolute atomic E-state index is 13.2. The number of phenolic OH excluding ortho intramolecular Hbond substituents is 1. The van der Waals surface area contributed by atoms with Gasteiger partial charge < -0.3 is 15.1 Å².